The van der Waals surface area contributed by atoms with Crippen LogP contribution in [0.4, 0.5) is 4.39 Å². The molecule has 4 rings (SSSR count). The number of rotatable bonds is 9. The van der Waals surface area contributed by atoms with Crippen LogP contribution in [-0.4, -0.2) is 31.0 Å². The van der Waals surface area contributed by atoms with E-state index in [1.165, 1.54) is 18.7 Å². The third-order valence-electron chi connectivity index (χ3n) is 7.68. The van der Waals surface area contributed by atoms with Crippen molar-refractivity contribution in [2.75, 3.05) is 13.7 Å². The van der Waals surface area contributed by atoms with Crippen molar-refractivity contribution in [2.24, 2.45) is 5.41 Å². The van der Waals surface area contributed by atoms with Crippen LogP contribution >= 0.6 is 0 Å². The molecule has 5 nitrogen and oxygen atoms in total. The van der Waals surface area contributed by atoms with Crippen LogP contribution in [0.5, 0.6) is 5.75 Å². The van der Waals surface area contributed by atoms with Crippen molar-refractivity contribution in [3.05, 3.63) is 65.5 Å². The molecule has 2 amide bonds. The number of carbonyl (C=O) groups excluding carboxylic acids is 2. The Morgan fingerprint density at radius 1 is 1.18 bits per heavy atom. The molecule has 6 heteroatoms. The van der Waals surface area contributed by atoms with Crippen molar-refractivity contribution >= 4 is 11.8 Å². The Morgan fingerprint density at radius 2 is 1.91 bits per heavy atom. The number of hydrogen-bond acceptors (Lipinski definition) is 3. The lowest BCUT2D eigenvalue weighted by Crippen LogP contribution is -2.45. The van der Waals surface area contributed by atoms with Gasteiger partial charge in [-0.15, -0.1) is 0 Å². The van der Waals surface area contributed by atoms with Crippen LogP contribution in [0.3, 0.4) is 0 Å². The summed E-state index contributed by atoms with van der Waals surface area (Å²) in [6.45, 7) is 5.06. The second kappa shape index (κ2) is 8.81. The predicted octanol–water partition coefficient (Wildman–Crippen LogP) is 4.29. The van der Waals surface area contributed by atoms with Gasteiger partial charge in [0.15, 0.2) is 0 Å². The number of carbonyl (C=O) groups is 2. The van der Waals surface area contributed by atoms with Gasteiger partial charge in [-0.1, -0.05) is 50.2 Å². The molecule has 0 radical (unpaired) electrons. The van der Waals surface area contributed by atoms with E-state index < -0.39 is 5.54 Å². The Kier molecular flexibility index (Phi) is 6.21. The van der Waals surface area contributed by atoms with Crippen LogP contribution in [0, 0.1) is 11.2 Å². The first kappa shape index (κ1) is 23.3. The SMILES string of the molecule is COc1ccc(CC2(CCC(=O)NCC3(c4ccccc4)CC3(C)C)CCC(=O)N2)c(F)c1. The third kappa shape index (κ3) is 4.75. The first-order valence-electron chi connectivity index (χ1n) is 11.6. The topological polar surface area (TPSA) is 67.4 Å². The van der Waals surface area contributed by atoms with Crippen molar-refractivity contribution in [1.82, 2.24) is 10.6 Å². The van der Waals surface area contributed by atoms with E-state index in [2.05, 4.69) is 36.6 Å². The summed E-state index contributed by atoms with van der Waals surface area (Å²) in [5.74, 6) is 0.00592. The highest BCUT2D eigenvalue weighted by Crippen LogP contribution is 2.63. The number of amides is 2. The highest BCUT2D eigenvalue weighted by molar-refractivity contribution is 5.80. The zero-order valence-electron chi connectivity index (χ0n) is 19.7. The Bertz CT molecular complexity index is 1040. The molecule has 0 spiro atoms. The molecular weight excluding hydrogens is 419 g/mol. The molecule has 2 aromatic carbocycles. The van der Waals surface area contributed by atoms with Crippen LogP contribution < -0.4 is 15.4 Å². The van der Waals surface area contributed by atoms with Gasteiger partial charge in [0.25, 0.3) is 0 Å². The van der Waals surface area contributed by atoms with Crippen molar-refractivity contribution < 1.29 is 18.7 Å². The van der Waals surface area contributed by atoms with E-state index in [0.717, 1.165) is 6.42 Å². The number of hydrogen-bond donors (Lipinski definition) is 2. The normalized spacial score (nSPS) is 25.4. The lowest BCUT2D eigenvalue weighted by molar-refractivity contribution is -0.122. The number of halogens is 1. The summed E-state index contributed by atoms with van der Waals surface area (Å²) < 4.78 is 19.7. The van der Waals surface area contributed by atoms with Gasteiger partial charge in [0.2, 0.25) is 11.8 Å². The van der Waals surface area contributed by atoms with Gasteiger partial charge in [-0.2, -0.15) is 0 Å². The minimum Gasteiger partial charge on any atom is -0.497 e. The van der Waals surface area contributed by atoms with Gasteiger partial charge in [-0.25, -0.2) is 4.39 Å². The first-order chi connectivity index (χ1) is 15.7. The third-order valence-corrected chi connectivity index (χ3v) is 7.68. The number of benzene rings is 2. The molecule has 176 valence electrons. The molecule has 1 heterocycles. The molecule has 2 aliphatic rings. The van der Waals surface area contributed by atoms with Crippen LogP contribution in [0.1, 0.15) is 57.1 Å². The van der Waals surface area contributed by atoms with E-state index in [4.69, 9.17) is 4.74 Å². The smallest absolute Gasteiger partial charge is 0.220 e. The highest BCUT2D eigenvalue weighted by Gasteiger charge is 2.61. The van der Waals surface area contributed by atoms with E-state index in [-0.39, 0.29) is 34.9 Å². The summed E-state index contributed by atoms with van der Waals surface area (Å²) in [6.07, 6.45) is 3.11. The van der Waals surface area contributed by atoms with E-state index in [1.54, 1.807) is 12.1 Å². The van der Waals surface area contributed by atoms with Gasteiger partial charge >= 0.3 is 0 Å². The summed E-state index contributed by atoms with van der Waals surface area (Å²) in [5, 5.41) is 6.17. The van der Waals surface area contributed by atoms with E-state index >= 15 is 0 Å². The van der Waals surface area contributed by atoms with E-state index in [9.17, 15) is 14.0 Å². The van der Waals surface area contributed by atoms with E-state index in [1.807, 2.05) is 18.2 Å². The largest absolute Gasteiger partial charge is 0.497 e. The van der Waals surface area contributed by atoms with Crippen LogP contribution in [-0.2, 0) is 21.4 Å². The molecule has 33 heavy (non-hydrogen) atoms. The van der Waals surface area contributed by atoms with E-state index in [0.29, 0.717) is 43.5 Å². The lowest BCUT2D eigenvalue weighted by Gasteiger charge is -2.30. The Labute approximate surface area is 195 Å². The monoisotopic (exact) mass is 452 g/mol. The maximum atomic E-state index is 14.6. The van der Waals surface area contributed by atoms with Crippen LogP contribution in [0.25, 0.3) is 0 Å². The molecule has 1 aliphatic heterocycles. The number of ether oxygens (including phenoxy) is 1. The van der Waals surface area contributed by atoms with Crippen LogP contribution in [0.2, 0.25) is 0 Å². The van der Waals surface area contributed by atoms with Crippen molar-refractivity contribution in [1.29, 1.82) is 0 Å². The Hall–Kier alpha value is -2.89. The summed E-state index contributed by atoms with van der Waals surface area (Å²) in [6, 6.07) is 15.1. The number of nitrogens with one attached hydrogen (secondary N) is 2. The van der Waals surface area contributed by atoms with Crippen LogP contribution in [0.15, 0.2) is 48.5 Å². The molecule has 1 aliphatic carbocycles. The van der Waals surface area contributed by atoms with Gasteiger partial charge in [0.1, 0.15) is 11.6 Å². The molecule has 0 aromatic heterocycles. The van der Waals surface area contributed by atoms with Crippen molar-refractivity contribution in [3.8, 4) is 5.75 Å². The minimum atomic E-state index is -0.611. The number of methoxy groups -OCH3 is 1. The van der Waals surface area contributed by atoms with Crippen molar-refractivity contribution in [2.45, 2.75) is 63.3 Å². The molecule has 1 saturated carbocycles. The molecule has 2 atom stereocenters. The van der Waals surface area contributed by atoms with Gasteiger partial charge in [-0.05, 0) is 48.3 Å². The maximum absolute atomic E-state index is 14.6. The van der Waals surface area contributed by atoms with Gasteiger partial charge < -0.3 is 15.4 Å². The molecule has 2 N–H and O–H groups in total. The maximum Gasteiger partial charge on any atom is 0.220 e. The molecular formula is C27H33FN2O3. The highest BCUT2D eigenvalue weighted by atomic mass is 19.1. The molecule has 1 saturated heterocycles. The summed E-state index contributed by atoms with van der Waals surface area (Å²) in [7, 11) is 1.50. The van der Waals surface area contributed by atoms with Gasteiger partial charge in [-0.3, -0.25) is 9.59 Å². The van der Waals surface area contributed by atoms with Crippen molar-refractivity contribution in [3.63, 3.8) is 0 Å². The molecule has 2 unspecified atom stereocenters. The summed E-state index contributed by atoms with van der Waals surface area (Å²) >= 11 is 0. The average molecular weight is 453 g/mol. The molecule has 2 fully saturated rings. The summed E-state index contributed by atoms with van der Waals surface area (Å²) in [4.78, 5) is 24.9. The molecule has 2 aromatic rings. The summed E-state index contributed by atoms with van der Waals surface area (Å²) in [5.41, 5.74) is 1.25. The minimum absolute atomic E-state index is 0.0382. The Balaban J connectivity index is 1.39. The fourth-order valence-electron chi connectivity index (χ4n) is 5.40. The zero-order valence-corrected chi connectivity index (χ0v) is 19.7. The zero-order chi connectivity index (χ0) is 23.7. The second-order valence-corrected chi connectivity index (χ2v) is 10.2. The Morgan fingerprint density at radius 3 is 2.48 bits per heavy atom. The quantitative estimate of drug-likeness (QED) is 0.597. The fourth-order valence-corrected chi connectivity index (χ4v) is 5.40. The average Bonchev–Trinajstić information content (AvgIpc) is 3.18. The fraction of sp³-hybridized carbons (Fsp3) is 0.481. The molecule has 0 bridgehead atoms. The lowest BCUT2D eigenvalue weighted by atomic mass is 9.84. The standard InChI is InChI=1S/C27H33FN2O3/c1-25(2)17-27(25,20-7-5-4-6-8-20)18-29-23(31)11-13-26(14-12-24(32)30-26)16-19-9-10-21(33-3)15-22(19)28/h4-10,15H,11-14,16-18H2,1-3H3,(H,29,31)(H,30,32). The second-order valence-electron chi connectivity index (χ2n) is 10.2. The van der Waals surface area contributed by atoms with Gasteiger partial charge in [0.05, 0.1) is 7.11 Å². The van der Waals surface area contributed by atoms with Gasteiger partial charge in [0, 0.05) is 36.4 Å². The predicted molar refractivity (Wildman–Crippen MR) is 126 cm³/mol. The first-order valence-corrected chi connectivity index (χ1v) is 11.6.